The summed E-state index contributed by atoms with van der Waals surface area (Å²) in [6, 6.07) is 0. The molecule has 0 saturated carbocycles. The van der Waals surface area contributed by atoms with E-state index in [4.69, 9.17) is 20.1 Å². The summed E-state index contributed by atoms with van der Waals surface area (Å²) in [6.45, 7) is 0.766. The van der Waals surface area contributed by atoms with Crippen LogP contribution in [0.25, 0.3) is 0 Å². The summed E-state index contributed by atoms with van der Waals surface area (Å²) in [6.07, 6.45) is 6.65. The van der Waals surface area contributed by atoms with Gasteiger partial charge in [0, 0.05) is 13.7 Å². The number of carbonyl (C=O) groups is 3. The van der Waals surface area contributed by atoms with E-state index in [9.17, 15) is 14.4 Å². The van der Waals surface area contributed by atoms with Crippen molar-refractivity contribution < 1.29 is 34.4 Å². The predicted octanol–water partition coefficient (Wildman–Crippen LogP) is 2.38. The van der Waals surface area contributed by atoms with E-state index in [0.29, 0.717) is 6.42 Å². The average Bonchev–Trinajstić information content (AvgIpc) is 2.43. The third kappa shape index (κ3) is 6.43. The molecular formula is C15H26O7. The number of hydrogen-bond acceptors (Lipinski definition) is 4. The highest BCUT2D eigenvalue weighted by Crippen LogP contribution is 2.27. The van der Waals surface area contributed by atoms with Crippen LogP contribution >= 0.6 is 0 Å². The van der Waals surface area contributed by atoms with E-state index in [1.807, 2.05) is 0 Å². The minimum atomic E-state index is -2.72. The fourth-order valence-corrected chi connectivity index (χ4v) is 2.29. The third-order valence-corrected chi connectivity index (χ3v) is 3.75. The summed E-state index contributed by atoms with van der Waals surface area (Å²) in [5, 5.41) is 26.8. The van der Waals surface area contributed by atoms with Gasteiger partial charge in [-0.25, -0.2) is 0 Å². The highest BCUT2D eigenvalue weighted by Gasteiger charge is 2.53. The van der Waals surface area contributed by atoms with Crippen LogP contribution in [0.3, 0.4) is 0 Å². The minimum Gasteiger partial charge on any atom is -0.480 e. The maximum atomic E-state index is 11.0. The second-order valence-electron chi connectivity index (χ2n) is 5.39. The van der Waals surface area contributed by atoms with Crippen LogP contribution in [0.1, 0.15) is 57.8 Å². The van der Waals surface area contributed by atoms with Gasteiger partial charge < -0.3 is 20.1 Å². The Morgan fingerprint density at radius 2 is 1.09 bits per heavy atom. The molecule has 128 valence electrons. The van der Waals surface area contributed by atoms with Gasteiger partial charge in [0.2, 0.25) is 0 Å². The molecule has 0 rings (SSSR count). The molecule has 0 aromatic carbocycles. The second-order valence-corrected chi connectivity index (χ2v) is 5.39. The summed E-state index contributed by atoms with van der Waals surface area (Å²) in [4.78, 5) is 33.1. The molecule has 7 heteroatoms. The summed E-state index contributed by atoms with van der Waals surface area (Å²) < 4.78 is 4.95. The summed E-state index contributed by atoms with van der Waals surface area (Å²) >= 11 is 0. The molecule has 0 unspecified atom stereocenters. The van der Waals surface area contributed by atoms with Crippen molar-refractivity contribution in [2.75, 3.05) is 13.7 Å². The highest BCUT2D eigenvalue weighted by molar-refractivity contribution is 6.16. The van der Waals surface area contributed by atoms with Crippen LogP contribution in [-0.2, 0) is 19.1 Å². The molecule has 0 aromatic rings. The SMILES string of the molecule is COCCCCCCCCCCC(C(=O)O)(C(=O)O)C(=O)O. The normalized spacial score (nSPS) is 11.3. The molecular weight excluding hydrogens is 292 g/mol. The number of hydrogen-bond donors (Lipinski definition) is 3. The van der Waals surface area contributed by atoms with Crippen molar-refractivity contribution in [1.82, 2.24) is 0 Å². The van der Waals surface area contributed by atoms with Crippen LogP contribution in [0.15, 0.2) is 0 Å². The number of aliphatic carboxylic acids is 3. The Labute approximate surface area is 130 Å². The maximum absolute atomic E-state index is 11.0. The zero-order valence-electron chi connectivity index (χ0n) is 13.0. The Morgan fingerprint density at radius 1 is 0.727 bits per heavy atom. The summed E-state index contributed by atoms with van der Waals surface area (Å²) in [7, 11) is 1.67. The number of methoxy groups -OCH3 is 1. The smallest absolute Gasteiger partial charge is 0.332 e. The first-order valence-corrected chi connectivity index (χ1v) is 7.58. The number of carboxylic acids is 3. The van der Waals surface area contributed by atoms with Gasteiger partial charge in [0.15, 0.2) is 0 Å². The van der Waals surface area contributed by atoms with Crippen molar-refractivity contribution in [3.8, 4) is 0 Å². The topological polar surface area (TPSA) is 121 Å². The van der Waals surface area contributed by atoms with Crippen LogP contribution in [0.4, 0.5) is 0 Å². The second kappa shape index (κ2) is 11.0. The highest BCUT2D eigenvalue weighted by atomic mass is 16.5. The molecule has 0 saturated heterocycles. The van der Waals surface area contributed by atoms with Gasteiger partial charge in [-0.2, -0.15) is 0 Å². The van der Waals surface area contributed by atoms with Gasteiger partial charge in [0.1, 0.15) is 0 Å². The lowest BCUT2D eigenvalue weighted by atomic mass is 9.82. The first-order chi connectivity index (χ1) is 10.4. The lowest BCUT2D eigenvalue weighted by Gasteiger charge is -2.19. The van der Waals surface area contributed by atoms with Crippen molar-refractivity contribution in [3.63, 3.8) is 0 Å². The Balaban J connectivity index is 3.94. The van der Waals surface area contributed by atoms with Gasteiger partial charge in [0.05, 0.1) is 0 Å². The third-order valence-electron chi connectivity index (χ3n) is 3.75. The summed E-state index contributed by atoms with van der Waals surface area (Å²) in [5.74, 6) is -5.44. The zero-order chi connectivity index (χ0) is 17.0. The van der Waals surface area contributed by atoms with Crippen LogP contribution in [-0.4, -0.2) is 46.9 Å². The van der Waals surface area contributed by atoms with Crippen LogP contribution in [0.2, 0.25) is 0 Å². The standard InChI is InChI=1S/C15H26O7/c1-22-11-9-7-5-3-2-4-6-8-10-15(12(16)17,13(18)19)14(20)21/h2-11H2,1H3,(H,16,17)(H,18,19)(H,20,21). The number of unbranched alkanes of at least 4 members (excludes halogenated alkanes) is 7. The fraction of sp³-hybridized carbons (Fsp3) is 0.800. The Hall–Kier alpha value is -1.63. The van der Waals surface area contributed by atoms with Gasteiger partial charge in [0.25, 0.3) is 5.41 Å². The van der Waals surface area contributed by atoms with Crippen LogP contribution in [0, 0.1) is 5.41 Å². The largest absolute Gasteiger partial charge is 0.480 e. The van der Waals surface area contributed by atoms with E-state index < -0.39 is 23.3 Å². The molecule has 7 nitrogen and oxygen atoms in total. The molecule has 22 heavy (non-hydrogen) atoms. The molecule has 0 fully saturated rings. The summed E-state index contributed by atoms with van der Waals surface area (Å²) in [5.41, 5.74) is -2.72. The van der Waals surface area contributed by atoms with Crippen molar-refractivity contribution in [1.29, 1.82) is 0 Å². The molecule has 0 amide bonds. The van der Waals surface area contributed by atoms with Gasteiger partial charge in [-0.15, -0.1) is 0 Å². The first-order valence-electron chi connectivity index (χ1n) is 7.58. The number of rotatable bonds is 14. The van der Waals surface area contributed by atoms with Gasteiger partial charge in [-0.1, -0.05) is 44.9 Å². The van der Waals surface area contributed by atoms with E-state index in [1.54, 1.807) is 7.11 Å². The van der Waals surface area contributed by atoms with Gasteiger partial charge in [-0.3, -0.25) is 14.4 Å². The predicted molar refractivity (Wildman–Crippen MR) is 78.8 cm³/mol. The fourth-order valence-electron chi connectivity index (χ4n) is 2.29. The molecule has 0 aromatic heterocycles. The average molecular weight is 318 g/mol. The molecule has 3 N–H and O–H groups in total. The van der Waals surface area contributed by atoms with E-state index in [1.165, 1.54) is 0 Å². The van der Waals surface area contributed by atoms with Crippen molar-refractivity contribution in [3.05, 3.63) is 0 Å². The Morgan fingerprint density at radius 3 is 1.45 bits per heavy atom. The van der Waals surface area contributed by atoms with Crippen molar-refractivity contribution >= 4 is 17.9 Å². The van der Waals surface area contributed by atoms with Crippen molar-refractivity contribution in [2.45, 2.75) is 57.8 Å². The molecule has 0 bridgehead atoms. The quantitative estimate of drug-likeness (QED) is 0.332. The van der Waals surface area contributed by atoms with E-state index >= 15 is 0 Å². The van der Waals surface area contributed by atoms with Crippen LogP contribution < -0.4 is 0 Å². The molecule has 0 atom stereocenters. The van der Waals surface area contributed by atoms with E-state index in [0.717, 1.165) is 45.1 Å². The van der Waals surface area contributed by atoms with E-state index in [2.05, 4.69) is 0 Å². The molecule has 0 heterocycles. The minimum absolute atomic E-state index is 0.272. The zero-order valence-corrected chi connectivity index (χ0v) is 13.0. The van der Waals surface area contributed by atoms with Gasteiger partial charge >= 0.3 is 17.9 Å². The lowest BCUT2D eigenvalue weighted by Crippen LogP contribution is -2.46. The van der Waals surface area contributed by atoms with Crippen LogP contribution in [0.5, 0.6) is 0 Å². The Kier molecular flexibility index (Phi) is 10.2. The Bertz CT molecular complexity index is 329. The monoisotopic (exact) mass is 318 g/mol. The molecule has 0 aliphatic heterocycles. The molecule has 0 aliphatic rings. The van der Waals surface area contributed by atoms with Gasteiger partial charge in [-0.05, 0) is 12.8 Å². The first kappa shape index (κ1) is 20.4. The molecule has 0 aliphatic carbocycles. The maximum Gasteiger partial charge on any atom is 0.332 e. The molecule has 0 radical (unpaired) electrons. The van der Waals surface area contributed by atoms with Crippen molar-refractivity contribution in [2.24, 2.45) is 5.41 Å². The number of carboxylic acid groups (broad SMARTS) is 3. The molecule has 0 spiro atoms. The number of ether oxygens (including phenoxy) is 1. The van der Waals surface area contributed by atoms with E-state index in [-0.39, 0.29) is 12.8 Å². The lowest BCUT2D eigenvalue weighted by molar-refractivity contribution is -0.176.